The van der Waals surface area contributed by atoms with Crippen molar-refractivity contribution in [2.24, 2.45) is 5.92 Å². The van der Waals surface area contributed by atoms with Gasteiger partial charge in [0, 0.05) is 18.7 Å². The zero-order chi connectivity index (χ0) is 15.2. The third-order valence-corrected chi connectivity index (χ3v) is 3.77. The SMILES string of the molecule is CC(C)CCNC(=O)CN1C(=O)CCCc2ccccc21. The van der Waals surface area contributed by atoms with E-state index in [1.807, 2.05) is 24.3 Å². The molecule has 1 aliphatic heterocycles. The van der Waals surface area contributed by atoms with Gasteiger partial charge in [0.25, 0.3) is 0 Å². The van der Waals surface area contributed by atoms with Crippen molar-refractivity contribution in [1.82, 2.24) is 5.32 Å². The lowest BCUT2D eigenvalue weighted by atomic mass is 10.1. The Balaban J connectivity index is 2.03. The molecule has 0 saturated heterocycles. The van der Waals surface area contributed by atoms with Gasteiger partial charge in [-0.25, -0.2) is 0 Å². The first-order valence-electron chi connectivity index (χ1n) is 7.73. The molecule has 0 saturated carbocycles. The molecular weight excluding hydrogens is 264 g/mol. The smallest absolute Gasteiger partial charge is 0.240 e. The van der Waals surface area contributed by atoms with E-state index in [-0.39, 0.29) is 18.4 Å². The number of nitrogens with zero attached hydrogens (tertiary/aromatic N) is 1. The zero-order valence-electron chi connectivity index (χ0n) is 12.9. The number of aryl methyl sites for hydroxylation is 1. The molecule has 0 spiro atoms. The Morgan fingerprint density at radius 3 is 2.81 bits per heavy atom. The number of carbonyl (C=O) groups is 2. The lowest BCUT2D eigenvalue weighted by Gasteiger charge is -2.22. The van der Waals surface area contributed by atoms with Crippen LogP contribution >= 0.6 is 0 Å². The molecule has 4 heteroatoms. The van der Waals surface area contributed by atoms with Crippen LogP contribution in [0.4, 0.5) is 5.69 Å². The van der Waals surface area contributed by atoms with Crippen molar-refractivity contribution in [3.8, 4) is 0 Å². The largest absolute Gasteiger partial charge is 0.355 e. The lowest BCUT2D eigenvalue weighted by Crippen LogP contribution is -2.41. The van der Waals surface area contributed by atoms with Crippen molar-refractivity contribution < 1.29 is 9.59 Å². The number of fused-ring (bicyclic) bond motifs is 1. The first kappa shape index (κ1) is 15.5. The van der Waals surface area contributed by atoms with Crippen LogP contribution in [0.1, 0.15) is 38.7 Å². The number of carbonyl (C=O) groups excluding carboxylic acids is 2. The number of anilines is 1. The van der Waals surface area contributed by atoms with Gasteiger partial charge in [0.1, 0.15) is 6.54 Å². The molecule has 2 rings (SSSR count). The Morgan fingerprint density at radius 2 is 2.05 bits per heavy atom. The second-order valence-electron chi connectivity index (χ2n) is 5.99. The second kappa shape index (κ2) is 7.25. The summed E-state index contributed by atoms with van der Waals surface area (Å²) in [5.41, 5.74) is 2.04. The van der Waals surface area contributed by atoms with Gasteiger partial charge in [-0.15, -0.1) is 0 Å². The van der Waals surface area contributed by atoms with E-state index in [0.29, 0.717) is 18.9 Å². The van der Waals surface area contributed by atoms with Gasteiger partial charge in [0.05, 0.1) is 0 Å². The molecule has 0 atom stereocenters. The summed E-state index contributed by atoms with van der Waals surface area (Å²) in [6.07, 6.45) is 3.21. The van der Waals surface area contributed by atoms with Crippen molar-refractivity contribution in [2.45, 2.75) is 39.5 Å². The van der Waals surface area contributed by atoms with E-state index >= 15 is 0 Å². The summed E-state index contributed by atoms with van der Waals surface area (Å²) in [5.74, 6) is 0.519. The highest BCUT2D eigenvalue weighted by Crippen LogP contribution is 2.26. The van der Waals surface area contributed by atoms with E-state index in [2.05, 4.69) is 19.2 Å². The Bertz CT molecular complexity index is 511. The zero-order valence-corrected chi connectivity index (χ0v) is 12.9. The van der Waals surface area contributed by atoms with Crippen molar-refractivity contribution in [1.29, 1.82) is 0 Å². The quantitative estimate of drug-likeness (QED) is 0.905. The maximum Gasteiger partial charge on any atom is 0.240 e. The summed E-state index contributed by atoms with van der Waals surface area (Å²) >= 11 is 0. The number of benzene rings is 1. The maximum absolute atomic E-state index is 12.2. The normalized spacial score (nSPS) is 14.8. The minimum atomic E-state index is -0.0827. The summed E-state index contributed by atoms with van der Waals surface area (Å²) in [6.45, 7) is 5.04. The van der Waals surface area contributed by atoms with Gasteiger partial charge in [-0.05, 0) is 36.8 Å². The number of nitrogens with one attached hydrogen (secondary N) is 1. The first-order chi connectivity index (χ1) is 10.1. The van der Waals surface area contributed by atoms with E-state index in [4.69, 9.17) is 0 Å². The minimum absolute atomic E-state index is 0.0407. The van der Waals surface area contributed by atoms with Crippen LogP contribution in [-0.4, -0.2) is 24.9 Å². The molecule has 1 aliphatic rings. The van der Waals surface area contributed by atoms with E-state index in [1.165, 1.54) is 0 Å². The minimum Gasteiger partial charge on any atom is -0.355 e. The molecule has 0 fully saturated rings. The van der Waals surface area contributed by atoms with Crippen LogP contribution in [0.5, 0.6) is 0 Å². The van der Waals surface area contributed by atoms with E-state index in [9.17, 15) is 9.59 Å². The summed E-state index contributed by atoms with van der Waals surface area (Å²) in [4.78, 5) is 25.9. The molecule has 4 nitrogen and oxygen atoms in total. The molecule has 2 amide bonds. The third-order valence-electron chi connectivity index (χ3n) is 3.77. The average Bonchev–Trinajstić information content (AvgIpc) is 2.59. The van der Waals surface area contributed by atoms with Crippen LogP contribution in [0.3, 0.4) is 0 Å². The molecule has 0 bridgehead atoms. The first-order valence-corrected chi connectivity index (χ1v) is 7.73. The van der Waals surface area contributed by atoms with E-state index in [1.54, 1.807) is 4.90 Å². The third kappa shape index (κ3) is 4.31. The number of hydrogen-bond donors (Lipinski definition) is 1. The second-order valence-corrected chi connectivity index (χ2v) is 5.99. The van der Waals surface area contributed by atoms with Crippen LogP contribution in [0.15, 0.2) is 24.3 Å². The Morgan fingerprint density at radius 1 is 1.29 bits per heavy atom. The predicted octanol–water partition coefficient (Wildman–Crippen LogP) is 2.52. The summed E-state index contributed by atoms with van der Waals surface area (Å²) in [7, 11) is 0. The lowest BCUT2D eigenvalue weighted by molar-refractivity contribution is -0.123. The predicted molar refractivity (Wildman–Crippen MR) is 84.2 cm³/mol. The molecule has 1 aromatic carbocycles. The van der Waals surface area contributed by atoms with Gasteiger partial charge in [-0.2, -0.15) is 0 Å². The number of amides is 2. The molecule has 0 aromatic heterocycles. The Labute approximate surface area is 126 Å². The van der Waals surface area contributed by atoms with Gasteiger partial charge >= 0.3 is 0 Å². The fourth-order valence-electron chi connectivity index (χ4n) is 2.56. The van der Waals surface area contributed by atoms with Crippen molar-refractivity contribution >= 4 is 17.5 Å². The molecule has 1 N–H and O–H groups in total. The highest BCUT2D eigenvalue weighted by atomic mass is 16.2. The van der Waals surface area contributed by atoms with Crippen LogP contribution in [0.2, 0.25) is 0 Å². The molecule has 0 unspecified atom stereocenters. The number of rotatable bonds is 5. The topological polar surface area (TPSA) is 49.4 Å². The maximum atomic E-state index is 12.2. The van der Waals surface area contributed by atoms with Crippen LogP contribution < -0.4 is 10.2 Å². The highest BCUT2D eigenvalue weighted by Gasteiger charge is 2.23. The van der Waals surface area contributed by atoms with Crippen molar-refractivity contribution in [2.75, 3.05) is 18.0 Å². The molecular formula is C17H24N2O2. The fourth-order valence-corrected chi connectivity index (χ4v) is 2.56. The summed E-state index contributed by atoms with van der Waals surface area (Å²) in [6, 6.07) is 7.87. The summed E-state index contributed by atoms with van der Waals surface area (Å²) in [5, 5.41) is 2.90. The van der Waals surface area contributed by atoms with Gasteiger partial charge in [-0.3, -0.25) is 9.59 Å². The molecule has 21 heavy (non-hydrogen) atoms. The van der Waals surface area contributed by atoms with Gasteiger partial charge in [0.2, 0.25) is 11.8 Å². The number of para-hydroxylation sites is 1. The highest BCUT2D eigenvalue weighted by molar-refractivity contribution is 5.99. The molecule has 114 valence electrons. The van der Waals surface area contributed by atoms with Crippen LogP contribution in [0, 0.1) is 5.92 Å². The van der Waals surface area contributed by atoms with Crippen molar-refractivity contribution in [3.05, 3.63) is 29.8 Å². The van der Waals surface area contributed by atoms with Crippen LogP contribution in [-0.2, 0) is 16.0 Å². The molecule has 0 radical (unpaired) electrons. The van der Waals surface area contributed by atoms with Crippen LogP contribution in [0.25, 0.3) is 0 Å². The van der Waals surface area contributed by atoms with Gasteiger partial charge in [-0.1, -0.05) is 32.0 Å². The summed E-state index contributed by atoms with van der Waals surface area (Å²) < 4.78 is 0. The number of hydrogen-bond acceptors (Lipinski definition) is 2. The average molecular weight is 288 g/mol. The van der Waals surface area contributed by atoms with Gasteiger partial charge in [0.15, 0.2) is 0 Å². The van der Waals surface area contributed by atoms with E-state index < -0.39 is 0 Å². The molecule has 0 aliphatic carbocycles. The Hall–Kier alpha value is -1.84. The van der Waals surface area contributed by atoms with Crippen molar-refractivity contribution in [3.63, 3.8) is 0 Å². The fraction of sp³-hybridized carbons (Fsp3) is 0.529. The van der Waals surface area contributed by atoms with E-state index in [0.717, 1.165) is 30.5 Å². The monoisotopic (exact) mass is 288 g/mol. The molecule has 1 aromatic rings. The molecule has 1 heterocycles. The van der Waals surface area contributed by atoms with Gasteiger partial charge < -0.3 is 10.2 Å². The Kier molecular flexibility index (Phi) is 5.37. The standard InChI is InChI=1S/C17H24N2O2/c1-13(2)10-11-18-16(20)12-19-15-8-4-3-6-14(15)7-5-9-17(19)21/h3-4,6,8,13H,5,7,9-12H2,1-2H3,(H,18,20).